The molecule has 0 saturated carbocycles. The highest BCUT2D eigenvalue weighted by Crippen LogP contribution is 2.41. The molecule has 0 bridgehead atoms. The van der Waals surface area contributed by atoms with Gasteiger partial charge in [-0.25, -0.2) is 0 Å². The van der Waals surface area contributed by atoms with Crippen LogP contribution in [0.2, 0.25) is 0 Å². The smallest absolute Gasteiger partial charge is 0.207 e. The standard InChI is InChI=1S/C15H24O4/c1-9-5-10(2)14(17)15(13(6-9)8-16)18-11(3)7-12(4)19-15/h5-6,11-14,16-17H,7-8H2,1-4H3/t11-,12+,13-,14-,15?/m1/s1. The first kappa shape index (κ1) is 14.7. The minimum absolute atomic E-state index is 0.00736. The summed E-state index contributed by atoms with van der Waals surface area (Å²) in [7, 11) is 0. The molecule has 1 aliphatic carbocycles. The van der Waals surface area contributed by atoms with Crippen LogP contribution in [-0.4, -0.2) is 40.9 Å². The third-order valence-corrected chi connectivity index (χ3v) is 3.88. The van der Waals surface area contributed by atoms with Gasteiger partial charge in [0.2, 0.25) is 5.79 Å². The molecule has 2 rings (SSSR count). The van der Waals surface area contributed by atoms with Gasteiger partial charge >= 0.3 is 0 Å². The van der Waals surface area contributed by atoms with E-state index in [1.807, 2.05) is 39.8 Å². The predicted octanol–water partition coefficient (Wildman–Crippen LogP) is 1.77. The number of rotatable bonds is 1. The van der Waals surface area contributed by atoms with Crippen LogP contribution >= 0.6 is 0 Å². The van der Waals surface area contributed by atoms with E-state index in [2.05, 4.69) is 0 Å². The lowest BCUT2D eigenvalue weighted by atomic mass is 9.89. The first-order valence-corrected chi connectivity index (χ1v) is 6.90. The van der Waals surface area contributed by atoms with Crippen molar-refractivity contribution >= 4 is 0 Å². The Hall–Kier alpha value is -0.680. The first-order chi connectivity index (χ1) is 8.89. The molecule has 4 heteroatoms. The lowest BCUT2D eigenvalue weighted by Gasteiger charge is -2.48. The monoisotopic (exact) mass is 268 g/mol. The van der Waals surface area contributed by atoms with Crippen molar-refractivity contribution in [1.82, 2.24) is 0 Å². The third kappa shape index (κ3) is 2.63. The van der Waals surface area contributed by atoms with Crippen LogP contribution in [-0.2, 0) is 9.47 Å². The van der Waals surface area contributed by atoms with Gasteiger partial charge in [0.25, 0.3) is 0 Å². The van der Waals surface area contributed by atoms with Crippen molar-refractivity contribution in [2.45, 2.75) is 58.2 Å². The van der Waals surface area contributed by atoms with Gasteiger partial charge in [0.1, 0.15) is 6.10 Å². The lowest BCUT2D eigenvalue weighted by molar-refractivity contribution is -0.357. The molecule has 0 aromatic heterocycles. The Bertz CT molecular complexity index is 389. The molecular weight excluding hydrogens is 244 g/mol. The van der Waals surface area contributed by atoms with Crippen LogP contribution in [0.1, 0.15) is 34.1 Å². The summed E-state index contributed by atoms with van der Waals surface area (Å²) in [6, 6.07) is 0. The van der Waals surface area contributed by atoms with E-state index in [1.54, 1.807) is 0 Å². The van der Waals surface area contributed by atoms with E-state index in [4.69, 9.17) is 9.47 Å². The van der Waals surface area contributed by atoms with Crippen LogP contribution in [0, 0.1) is 5.92 Å². The van der Waals surface area contributed by atoms with Gasteiger partial charge in [-0.15, -0.1) is 0 Å². The first-order valence-electron chi connectivity index (χ1n) is 6.90. The fraction of sp³-hybridized carbons (Fsp3) is 0.733. The maximum absolute atomic E-state index is 10.6. The Kier molecular flexibility index (Phi) is 4.16. The quantitative estimate of drug-likeness (QED) is 0.761. The molecule has 1 saturated heterocycles. The molecule has 0 radical (unpaired) electrons. The van der Waals surface area contributed by atoms with Crippen LogP contribution in [0.5, 0.6) is 0 Å². The van der Waals surface area contributed by atoms with Crippen LogP contribution in [0.4, 0.5) is 0 Å². The number of hydrogen-bond donors (Lipinski definition) is 2. The van der Waals surface area contributed by atoms with Crippen molar-refractivity contribution in [2.24, 2.45) is 5.92 Å². The fourth-order valence-corrected chi connectivity index (χ4v) is 3.14. The van der Waals surface area contributed by atoms with Crippen LogP contribution in [0.25, 0.3) is 0 Å². The van der Waals surface area contributed by atoms with Crippen molar-refractivity contribution < 1.29 is 19.7 Å². The summed E-state index contributed by atoms with van der Waals surface area (Å²) in [4.78, 5) is 0. The number of ether oxygens (including phenoxy) is 2. The highest BCUT2D eigenvalue weighted by Gasteiger charge is 2.52. The van der Waals surface area contributed by atoms with E-state index in [-0.39, 0.29) is 24.7 Å². The van der Waals surface area contributed by atoms with Crippen LogP contribution < -0.4 is 0 Å². The van der Waals surface area contributed by atoms with Crippen LogP contribution in [0.15, 0.2) is 23.3 Å². The molecule has 2 aliphatic rings. The summed E-state index contributed by atoms with van der Waals surface area (Å²) >= 11 is 0. The number of aliphatic hydroxyl groups excluding tert-OH is 2. The largest absolute Gasteiger partial charge is 0.396 e. The normalized spacial score (nSPS) is 43.7. The van der Waals surface area contributed by atoms with Gasteiger partial charge < -0.3 is 19.7 Å². The van der Waals surface area contributed by atoms with E-state index in [0.717, 1.165) is 17.6 Å². The minimum atomic E-state index is -1.18. The summed E-state index contributed by atoms with van der Waals surface area (Å²) in [6.07, 6.45) is 3.74. The van der Waals surface area contributed by atoms with Gasteiger partial charge in [-0.2, -0.15) is 0 Å². The molecule has 0 aromatic rings. The maximum Gasteiger partial charge on any atom is 0.207 e. The Morgan fingerprint density at radius 1 is 1.26 bits per heavy atom. The molecule has 1 aliphatic heterocycles. The summed E-state index contributed by atoms with van der Waals surface area (Å²) in [5, 5.41) is 20.3. The minimum Gasteiger partial charge on any atom is -0.396 e. The van der Waals surface area contributed by atoms with Gasteiger partial charge in [0.15, 0.2) is 0 Å². The van der Waals surface area contributed by atoms with Crippen molar-refractivity contribution in [3.05, 3.63) is 23.3 Å². The predicted molar refractivity (Wildman–Crippen MR) is 72.5 cm³/mol. The third-order valence-electron chi connectivity index (χ3n) is 3.88. The molecular formula is C15H24O4. The van der Waals surface area contributed by atoms with E-state index < -0.39 is 11.9 Å². The Morgan fingerprint density at radius 3 is 2.37 bits per heavy atom. The van der Waals surface area contributed by atoms with Crippen molar-refractivity contribution in [3.8, 4) is 0 Å². The molecule has 2 N–H and O–H groups in total. The molecule has 19 heavy (non-hydrogen) atoms. The summed E-state index contributed by atoms with van der Waals surface area (Å²) in [5.41, 5.74) is 1.80. The Labute approximate surface area is 114 Å². The number of hydrogen-bond acceptors (Lipinski definition) is 4. The van der Waals surface area contributed by atoms with E-state index in [0.29, 0.717) is 0 Å². The van der Waals surface area contributed by atoms with Gasteiger partial charge in [-0.1, -0.05) is 17.7 Å². The second kappa shape index (κ2) is 5.37. The molecule has 1 unspecified atom stereocenters. The van der Waals surface area contributed by atoms with Gasteiger partial charge in [-0.05, 0) is 39.7 Å². The average molecular weight is 268 g/mol. The fourth-order valence-electron chi connectivity index (χ4n) is 3.14. The molecule has 5 atom stereocenters. The zero-order valence-corrected chi connectivity index (χ0v) is 12.1. The van der Waals surface area contributed by atoms with E-state index >= 15 is 0 Å². The highest BCUT2D eigenvalue weighted by molar-refractivity contribution is 5.30. The SMILES string of the molecule is CC1=C[C@H](CO)C2(O[C@H](C)C[C@H](C)O2)[C@H](O)C(C)=C1. The average Bonchev–Trinajstić information content (AvgIpc) is 2.39. The topological polar surface area (TPSA) is 58.9 Å². The Morgan fingerprint density at radius 2 is 1.84 bits per heavy atom. The van der Waals surface area contributed by atoms with Gasteiger partial charge in [0.05, 0.1) is 24.7 Å². The number of aliphatic hydroxyl groups is 2. The van der Waals surface area contributed by atoms with Crippen molar-refractivity contribution in [1.29, 1.82) is 0 Å². The van der Waals surface area contributed by atoms with Crippen molar-refractivity contribution in [2.75, 3.05) is 6.61 Å². The van der Waals surface area contributed by atoms with Gasteiger partial charge in [-0.3, -0.25) is 0 Å². The zero-order chi connectivity index (χ0) is 14.2. The molecule has 108 valence electrons. The van der Waals surface area contributed by atoms with Gasteiger partial charge in [0, 0.05) is 0 Å². The van der Waals surface area contributed by atoms with E-state index in [9.17, 15) is 10.2 Å². The molecule has 1 heterocycles. The highest BCUT2D eigenvalue weighted by atomic mass is 16.7. The Balaban J connectivity index is 2.46. The molecule has 4 nitrogen and oxygen atoms in total. The maximum atomic E-state index is 10.6. The second-order valence-corrected chi connectivity index (χ2v) is 5.80. The summed E-state index contributed by atoms with van der Waals surface area (Å²) in [6.45, 7) is 7.65. The summed E-state index contributed by atoms with van der Waals surface area (Å²) < 4.78 is 12.0. The van der Waals surface area contributed by atoms with Crippen LogP contribution in [0.3, 0.4) is 0 Å². The molecule has 0 amide bonds. The molecule has 0 aromatic carbocycles. The lowest BCUT2D eigenvalue weighted by Crippen LogP contribution is -2.59. The summed E-state index contributed by atoms with van der Waals surface area (Å²) in [5.74, 6) is -1.55. The zero-order valence-electron chi connectivity index (χ0n) is 12.1. The molecule has 1 fully saturated rings. The van der Waals surface area contributed by atoms with Crippen molar-refractivity contribution in [3.63, 3.8) is 0 Å². The molecule has 1 spiro atoms. The number of allylic oxidation sites excluding steroid dienone is 2. The van der Waals surface area contributed by atoms with E-state index in [1.165, 1.54) is 0 Å². The second-order valence-electron chi connectivity index (χ2n) is 5.80.